The van der Waals surface area contributed by atoms with Crippen LogP contribution in [-0.4, -0.2) is 22.0 Å². The first-order valence-corrected chi connectivity index (χ1v) is 8.45. The zero-order chi connectivity index (χ0) is 17.2. The molecule has 1 unspecified atom stereocenters. The van der Waals surface area contributed by atoms with Gasteiger partial charge in [-0.3, -0.25) is 4.79 Å². The van der Waals surface area contributed by atoms with E-state index in [1.807, 2.05) is 58.0 Å². The van der Waals surface area contributed by atoms with E-state index in [0.29, 0.717) is 0 Å². The van der Waals surface area contributed by atoms with Crippen LogP contribution in [0, 0.1) is 5.41 Å². The third-order valence-corrected chi connectivity index (χ3v) is 5.86. The van der Waals surface area contributed by atoms with Gasteiger partial charge in [-0.2, -0.15) is 0 Å². The number of esters is 1. The summed E-state index contributed by atoms with van der Waals surface area (Å²) in [5.41, 5.74) is -0.841. The lowest BCUT2D eigenvalue weighted by atomic mass is 9.70. The van der Waals surface area contributed by atoms with Crippen molar-refractivity contribution in [2.45, 2.75) is 51.8 Å². The minimum Gasteiger partial charge on any atom is -0.469 e. The number of methoxy groups -OCH3 is 1. The van der Waals surface area contributed by atoms with Gasteiger partial charge in [-0.15, -0.1) is 0 Å². The van der Waals surface area contributed by atoms with Crippen molar-refractivity contribution in [3.63, 3.8) is 0 Å². The molecule has 2 atom stereocenters. The molecule has 0 aliphatic heterocycles. The van der Waals surface area contributed by atoms with Crippen LogP contribution in [0.15, 0.2) is 30.3 Å². The van der Waals surface area contributed by atoms with E-state index in [1.54, 1.807) is 13.8 Å². The van der Waals surface area contributed by atoms with Crippen molar-refractivity contribution in [3.05, 3.63) is 35.9 Å². The first kappa shape index (κ1) is 18.8. The zero-order valence-corrected chi connectivity index (χ0v) is 15.3. The Kier molecular flexibility index (Phi) is 5.57. The summed E-state index contributed by atoms with van der Waals surface area (Å²) in [7, 11) is 0.0412. The van der Waals surface area contributed by atoms with Gasteiger partial charge in [0.05, 0.1) is 33.8 Å². The van der Waals surface area contributed by atoms with Crippen molar-refractivity contribution in [3.8, 4) is 0 Å². The van der Waals surface area contributed by atoms with Gasteiger partial charge in [-0.1, -0.05) is 30.3 Å². The van der Waals surface area contributed by atoms with Crippen molar-refractivity contribution < 1.29 is 13.7 Å². The van der Waals surface area contributed by atoms with Crippen LogP contribution >= 0.6 is 0 Å². The van der Waals surface area contributed by atoms with Gasteiger partial charge in [0.1, 0.15) is 0 Å². The Morgan fingerprint density at radius 1 is 1.05 bits per heavy atom. The minimum absolute atomic E-state index is 0.350. The summed E-state index contributed by atoms with van der Waals surface area (Å²) in [5.74, 6) is -0.350. The van der Waals surface area contributed by atoms with Crippen LogP contribution in [0.3, 0.4) is 0 Å². The molecule has 0 aliphatic rings. The lowest BCUT2D eigenvalue weighted by Gasteiger charge is -2.44. The molecule has 0 aromatic heterocycles. The molecule has 0 radical (unpaired) electrons. The molecule has 0 bridgehead atoms. The second kappa shape index (κ2) is 6.50. The highest BCUT2D eigenvalue weighted by Crippen LogP contribution is 2.41. The highest BCUT2D eigenvalue weighted by molar-refractivity contribution is 7.84. The maximum atomic E-state index is 12.7. The maximum Gasteiger partial charge on any atom is 0.313 e. The van der Waals surface area contributed by atoms with E-state index < -0.39 is 26.7 Å². The average molecular weight is 325 g/mol. The fourth-order valence-corrected chi connectivity index (χ4v) is 3.17. The number of hydrogen-bond acceptors (Lipinski definition) is 3. The average Bonchev–Trinajstić information content (AvgIpc) is 2.45. The normalized spacial score (nSPS) is 16.7. The quantitative estimate of drug-likeness (QED) is 0.846. The molecule has 0 amide bonds. The fourth-order valence-electron chi connectivity index (χ4n) is 2.12. The van der Waals surface area contributed by atoms with E-state index in [9.17, 15) is 9.00 Å². The number of rotatable bonds is 5. The molecule has 0 aliphatic carbocycles. The van der Waals surface area contributed by atoms with Gasteiger partial charge >= 0.3 is 5.97 Å². The molecule has 1 rings (SSSR count). The number of ether oxygens (including phenoxy) is 1. The van der Waals surface area contributed by atoms with Gasteiger partial charge in [-0.25, -0.2) is 8.93 Å². The Morgan fingerprint density at radius 2 is 1.55 bits per heavy atom. The molecule has 1 aromatic rings. The van der Waals surface area contributed by atoms with Crippen LogP contribution in [0.5, 0.6) is 0 Å². The molecular weight excluding hydrogens is 298 g/mol. The third kappa shape index (κ3) is 3.58. The summed E-state index contributed by atoms with van der Waals surface area (Å²) in [6, 6.07) is 9.58. The number of nitrogens with one attached hydrogen (secondary N) is 1. The van der Waals surface area contributed by atoms with Gasteiger partial charge in [0.25, 0.3) is 0 Å². The van der Waals surface area contributed by atoms with Crippen molar-refractivity contribution >= 4 is 17.0 Å². The molecule has 1 N–H and O–H groups in total. The zero-order valence-electron chi connectivity index (χ0n) is 14.5. The molecule has 0 fully saturated rings. The van der Waals surface area contributed by atoms with Gasteiger partial charge in [0, 0.05) is 0 Å². The lowest BCUT2D eigenvalue weighted by molar-refractivity contribution is -0.155. The molecule has 1 aromatic carbocycles. The SMILES string of the molecule is COC(=O)C(C)(C)[C@@](C)(NS(=O)C(C)(C)C)c1ccccc1. The Labute approximate surface area is 136 Å². The van der Waals surface area contributed by atoms with Crippen LogP contribution in [0.4, 0.5) is 0 Å². The topological polar surface area (TPSA) is 55.4 Å². The Morgan fingerprint density at radius 3 is 1.95 bits per heavy atom. The molecule has 124 valence electrons. The summed E-state index contributed by atoms with van der Waals surface area (Å²) < 4.78 is 20.4. The highest BCUT2D eigenvalue weighted by atomic mass is 32.2. The summed E-state index contributed by atoms with van der Waals surface area (Å²) in [6.07, 6.45) is 0. The predicted octanol–water partition coefficient (Wildman–Crippen LogP) is 3.15. The van der Waals surface area contributed by atoms with Crippen molar-refractivity contribution in [2.24, 2.45) is 5.41 Å². The van der Waals surface area contributed by atoms with E-state index >= 15 is 0 Å². The molecule has 5 heteroatoms. The van der Waals surface area contributed by atoms with E-state index in [2.05, 4.69) is 4.72 Å². The van der Waals surface area contributed by atoms with Crippen LogP contribution in [-0.2, 0) is 26.1 Å². The summed E-state index contributed by atoms with van der Waals surface area (Å²) in [4.78, 5) is 12.3. The van der Waals surface area contributed by atoms with Gasteiger partial charge < -0.3 is 4.74 Å². The highest BCUT2D eigenvalue weighted by Gasteiger charge is 2.50. The minimum atomic E-state index is -1.33. The number of carbonyl (C=O) groups is 1. The summed E-state index contributed by atoms with van der Waals surface area (Å²) in [5, 5.41) is 0. The Bertz CT molecular complexity index is 549. The van der Waals surface area contributed by atoms with Crippen LogP contribution in [0.25, 0.3) is 0 Å². The Balaban J connectivity index is 3.40. The van der Waals surface area contributed by atoms with E-state index in [1.165, 1.54) is 7.11 Å². The van der Waals surface area contributed by atoms with Crippen LogP contribution in [0.1, 0.15) is 47.1 Å². The number of benzene rings is 1. The number of carbonyl (C=O) groups excluding carboxylic acids is 1. The van der Waals surface area contributed by atoms with Crippen molar-refractivity contribution in [1.82, 2.24) is 4.72 Å². The predicted molar refractivity (Wildman–Crippen MR) is 90.6 cm³/mol. The second-order valence-electron chi connectivity index (χ2n) is 7.09. The molecule has 0 saturated heterocycles. The number of hydrogen-bond donors (Lipinski definition) is 1. The monoisotopic (exact) mass is 325 g/mol. The van der Waals surface area contributed by atoms with Crippen LogP contribution in [0.2, 0.25) is 0 Å². The van der Waals surface area contributed by atoms with Gasteiger partial charge in [0.2, 0.25) is 0 Å². The Hall–Kier alpha value is -1.20. The first-order valence-electron chi connectivity index (χ1n) is 7.30. The summed E-state index contributed by atoms with van der Waals surface area (Å²) >= 11 is 0. The van der Waals surface area contributed by atoms with Gasteiger partial charge in [-0.05, 0) is 47.1 Å². The molecular formula is C17H27NO3S. The fraction of sp³-hybridized carbons (Fsp3) is 0.588. The third-order valence-electron chi connectivity index (χ3n) is 4.15. The van der Waals surface area contributed by atoms with E-state index in [0.717, 1.165) is 5.56 Å². The largest absolute Gasteiger partial charge is 0.469 e. The molecule has 0 saturated carbocycles. The van der Waals surface area contributed by atoms with E-state index in [-0.39, 0.29) is 5.97 Å². The van der Waals surface area contributed by atoms with Crippen LogP contribution < -0.4 is 4.72 Å². The molecule has 22 heavy (non-hydrogen) atoms. The van der Waals surface area contributed by atoms with Crippen molar-refractivity contribution in [1.29, 1.82) is 0 Å². The standard InChI is InChI=1S/C17H27NO3S/c1-15(2,3)22(20)18-17(6,13-11-9-8-10-12-13)16(4,5)14(19)21-7/h8-12,18H,1-7H3/t17-,22?/m0/s1. The lowest BCUT2D eigenvalue weighted by Crippen LogP contribution is -2.57. The summed E-state index contributed by atoms with van der Waals surface area (Å²) in [6.45, 7) is 11.2. The molecule has 0 heterocycles. The first-order chi connectivity index (χ1) is 9.96. The molecule has 4 nitrogen and oxygen atoms in total. The van der Waals surface area contributed by atoms with Gasteiger partial charge in [0.15, 0.2) is 0 Å². The van der Waals surface area contributed by atoms with Crippen molar-refractivity contribution in [2.75, 3.05) is 7.11 Å². The molecule has 0 spiro atoms. The van der Waals surface area contributed by atoms with E-state index in [4.69, 9.17) is 4.74 Å². The smallest absolute Gasteiger partial charge is 0.313 e. The second-order valence-corrected chi connectivity index (χ2v) is 9.06. The maximum absolute atomic E-state index is 12.7.